The zero-order chi connectivity index (χ0) is 15.2. The second kappa shape index (κ2) is 4.17. The minimum atomic E-state index is -3.77. The van der Waals surface area contributed by atoms with Gasteiger partial charge < -0.3 is 9.47 Å². The van der Waals surface area contributed by atoms with Crippen molar-refractivity contribution in [1.29, 1.82) is 5.26 Å². The van der Waals surface area contributed by atoms with Crippen LogP contribution in [0.15, 0.2) is 34.0 Å². The molecule has 106 valence electrons. The third-order valence-electron chi connectivity index (χ3n) is 2.73. The summed E-state index contributed by atoms with van der Waals surface area (Å²) >= 11 is 0. The highest BCUT2D eigenvalue weighted by Gasteiger charge is 2.43. The highest BCUT2D eigenvalue weighted by Crippen LogP contribution is 2.41. The van der Waals surface area contributed by atoms with Crippen molar-refractivity contribution < 1.29 is 18.3 Å². The van der Waals surface area contributed by atoms with Crippen LogP contribution in [0.25, 0.3) is 5.69 Å². The molecule has 0 fully saturated rings. The number of nitrogens with zero attached hydrogens (tertiary/aromatic N) is 2. The lowest BCUT2D eigenvalue weighted by molar-refractivity contribution is -0.286. The molecule has 0 atom stereocenters. The van der Waals surface area contributed by atoms with Crippen molar-refractivity contribution in [3.63, 3.8) is 0 Å². The van der Waals surface area contributed by atoms with E-state index in [1.165, 1.54) is 12.1 Å². The number of nitriles is 1. The van der Waals surface area contributed by atoms with Gasteiger partial charge in [-0.3, -0.25) is 14.3 Å². The second-order valence-electron chi connectivity index (χ2n) is 4.08. The number of hydrogen-bond acceptors (Lipinski definition) is 5. The van der Waals surface area contributed by atoms with Crippen LogP contribution in [-0.4, -0.2) is 15.8 Å². The average Bonchev–Trinajstić information content (AvgIpc) is 2.71. The van der Waals surface area contributed by atoms with Gasteiger partial charge in [0.2, 0.25) is 0 Å². The van der Waals surface area contributed by atoms with Crippen LogP contribution in [0.5, 0.6) is 11.5 Å². The van der Waals surface area contributed by atoms with Crippen LogP contribution in [0.4, 0.5) is 8.78 Å². The van der Waals surface area contributed by atoms with E-state index in [1.54, 1.807) is 6.07 Å². The van der Waals surface area contributed by atoms with Gasteiger partial charge in [0.05, 0.1) is 5.69 Å². The maximum Gasteiger partial charge on any atom is 0.586 e. The monoisotopic (exact) mass is 293 g/mol. The van der Waals surface area contributed by atoms with Crippen LogP contribution in [0.2, 0.25) is 0 Å². The molecule has 0 unspecified atom stereocenters. The molecule has 9 heteroatoms. The van der Waals surface area contributed by atoms with E-state index in [-0.39, 0.29) is 22.7 Å². The first kappa shape index (κ1) is 12.9. The van der Waals surface area contributed by atoms with Crippen LogP contribution < -0.4 is 20.7 Å². The van der Waals surface area contributed by atoms with E-state index in [0.717, 1.165) is 16.8 Å². The van der Waals surface area contributed by atoms with Crippen molar-refractivity contribution in [3.8, 4) is 23.3 Å². The Hall–Kier alpha value is -3.15. The number of benzene rings is 1. The Kier molecular flexibility index (Phi) is 2.56. The summed E-state index contributed by atoms with van der Waals surface area (Å²) in [5.74, 6) is -0.434. The van der Waals surface area contributed by atoms with Gasteiger partial charge in [-0.15, -0.1) is 8.78 Å². The topological polar surface area (TPSA) is 97.1 Å². The minimum absolute atomic E-state index is 0.132. The molecule has 0 saturated heterocycles. The van der Waals surface area contributed by atoms with Gasteiger partial charge in [0, 0.05) is 12.3 Å². The molecule has 1 aromatic heterocycles. The fourth-order valence-corrected chi connectivity index (χ4v) is 1.83. The molecule has 0 saturated carbocycles. The van der Waals surface area contributed by atoms with E-state index in [4.69, 9.17) is 5.26 Å². The van der Waals surface area contributed by atoms with Crippen molar-refractivity contribution in [2.24, 2.45) is 0 Å². The van der Waals surface area contributed by atoms with Crippen molar-refractivity contribution >= 4 is 0 Å². The Bertz CT molecular complexity index is 895. The lowest BCUT2D eigenvalue weighted by Gasteiger charge is -2.06. The van der Waals surface area contributed by atoms with E-state index < -0.39 is 17.5 Å². The van der Waals surface area contributed by atoms with Gasteiger partial charge in [-0.25, -0.2) is 4.79 Å². The molecular formula is C12H5F2N3O4. The smallest absolute Gasteiger partial charge is 0.395 e. The average molecular weight is 293 g/mol. The fourth-order valence-electron chi connectivity index (χ4n) is 1.83. The first-order chi connectivity index (χ1) is 9.89. The first-order valence-corrected chi connectivity index (χ1v) is 5.56. The molecule has 7 nitrogen and oxygen atoms in total. The van der Waals surface area contributed by atoms with E-state index in [1.807, 2.05) is 4.98 Å². The lowest BCUT2D eigenvalue weighted by atomic mass is 10.2. The summed E-state index contributed by atoms with van der Waals surface area (Å²) in [4.78, 5) is 25.0. The van der Waals surface area contributed by atoms with Crippen LogP contribution in [0.1, 0.15) is 5.56 Å². The van der Waals surface area contributed by atoms with Gasteiger partial charge in [-0.1, -0.05) is 0 Å². The summed E-state index contributed by atoms with van der Waals surface area (Å²) in [7, 11) is 0. The number of nitrogens with one attached hydrogen (secondary N) is 1. The minimum Gasteiger partial charge on any atom is -0.395 e. The van der Waals surface area contributed by atoms with Crippen molar-refractivity contribution in [2.45, 2.75) is 6.29 Å². The summed E-state index contributed by atoms with van der Waals surface area (Å²) in [6.45, 7) is 0. The molecule has 1 aliphatic heterocycles. The van der Waals surface area contributed by atoms with Gasteiger partial charge >= 0.3 is 12.0 Å². The van der Waals surface area contributed by atoms with Crippen molar-refractivity contribution in [1.82, 2.24) is 9.55 Å². The number of rotatable bonds is 1. The Morgan fingerprint density at radius 2 is 1.95 bits per heavy atom. The predicted molar refractivity (Wildman–Crippen MR) is 63.6 cm³/mol. The Balaban J connectivity index is 2.14. The van der Waals surface area contributed by atoms with Crippen molar-refractivity contribution in [2.75, 3.05) is 0 Å². The zero-order valence-corrected chi connectivity index (χ0v) is 10.1. The van der Waals surface area contributed by atoms with Crippen LogP contribution in [0.3, 0.4) is 0 Å². The molecule has 1 aromatic carbocycles. The van der Waals surface area contributed by atoms with Gasteiger partial charge in [0.15, 0.2) is 11.5 Å². The molecule has 0 bridgehead atoms. The summed E-state index contributed by atoms with van der Waals surface area (Å²) < 4.78 is 35.3. The highest BCUT2D eigenvalue weighted by molar-refractivity contribution is 5.50. The number of ether oxygens (including phenoxy) is 2. The number of aromatic amines is 1. The summed E-state index contributed by atoms with van der Waals surface area (Å²) in [6.07, 6.45) is -2.76. The molecule has 2 aromatic rings. The van der Waals surface area contributed by atoms with Crippen LogP contribution in [-0.2, 0) is 0 Å². The van der Waals surface area contributed by atoms with E-state index >= 15 is 0 Å². The number of halogens is 2. The van der Waals surface area contributed by atoms with Crippen LogP contribution >= 0.6 is 0 Å². The molecule has 3 rings (SSSR count). The predicted octanol–water partition coefficient (Wildman–Crippen LogP) is 0.719. The second-order valence-corrected chi connectivity index (χ2v) is 4.08. The SMILES string of the molecule is N#Cc1cn(-c2ccc3c(c2)OC(F)(F)O3)c(=O)[nH]c1=O. The number of hydrogen-bond donors (Lipinski definition) is 1. The lowest BCUT2D eigenvalue weighted by Crippen LogP contribution is -2.30. The molecule has 2 heterocycles. The quantitative estimate of drug-likeness (QED) is 0.835. The molecular weight excluding hydrogens is 288 g/mol. The zero-order valence-electron chi connectivity index (χ0n) is 10.1. The Morgan fingerprint density at radius 3 is 2.67 bits per heavy atom. The standard InChI is InChI=1S/C12H5F2N3O4/c13-12(14)20-8-2-1-7(3-9(8)21-12)17-5-6(4-15)10(18)16-11(17)19/h1-3,5H,(H,16,18,19). The third-order valence-corrected chi connectivity index (χ3v) is 2.73. The number of fused-ring (bicyclic) bond motifs is 1. The van der Waals surface area contributed by atoms with E-state index in [0.29, 0.717) is 0 Å². The maximum absolute atomic E-state index is 12.9. The van der Waals surface area contributed by atoms with Gasteiger partial charge in [0.1, 0.15) is 11.6 Å². The van der Waals surface area contributed by atoms with E-state index in [9.17, 15) is 18.4 Å². The summed E-state index contributed by atoms with van der Waals surface area (Å²) in [6, 6.07) is 5.25. The number of H-pyrrole nitrogens is 1. The van der Waals surface area contributed by atoms with Gasteiger partial charge in [-0.05, 0) is 12.1 Å². The Morgan fingerprint density at radius 1 is 1.24 bits per heavy atom. The Labute approximate surface area is 114 Å². The third kappa shape index (κ3) is 2.12. The molecule has 0 amide bonds. The first-order valence-electron chi connectivity index (χ1n) is 5.56. The number of aromatic nitrogens is 2. The van der Waals surface area contributed by atoms with Gasteiger partial charge in [-0.2, -0.15) is 5.26 Å². The molecule has 0 aliphatic carbocycles. The summed E-state index contributed by atoms with van der Waals surface area (Å²) in [5, 5.41) is 8.77. The number of alkyl halides is 2. The molecule has 1 aliphatic rings. The highest BCUT2D eigenvalue weighted by atomic mass is 19.3. The largest absolute Gasteiger partial charge is 0.586 e. The van der Waals surface area contributed by atoms with E-state index in [2.05, 4.69) is 9.47 Å². The molecule has 21 heavy (non-hydrogen) atoms. The summed E-state index contributed by atoms with van der Waals surface area (Å²) in [5.41, 5.74) is -1.80. The molecule has 0 spiro atoms. The molecule has 1 N–H and O–H groups in total. The fraction of sp³-hybridized carbons (Fsp3) is 0.0833. The normalized spacial score (nSPS) is 14.7. The van der Waals surface area contributed by atoms with Crippen LogP contribution in [0, 0.1) is 11.3 Å². The van der Waals surface area contributed by atoms with Crippen molar-refractivity contribution in [3.05, 3.63) is 50.8 Å². The van der Waals surface area contributed by atoms with Gasteiger partial charge in [0.25, 0.3) is 5.56 Å². The molecule has 0 radical (unpaired) electrons. The maximum atomic E-state index is 12.9.